The first-order valence-electron chi connectivity index (χ1n) is 7.04. The molecular formula is C17H13ClF2N2O3. The normalized spacial score (nSPS) is 11.2. The lowest BCUT2D eigenvalue weighted by molar-refractivity contribution is 0.0692. The SMILES string of the molecule is CC(=NN(C)C(=O)c1cccc(Cl)c1F)OC(=O)c1cccc(F)c1. The fraction of sp³-hybridized carbons (Fsp3) is 0.118. The summed E-state index contributed by atoms with van der Waals surface area (Å²) in [7, 11) is 1.27. The zero-order valence-electron chi connectivity index (χ0n) is 13.3. The summed E-state index contributed by atoms with van der Waals surface area (Å²) >= 11 is 5.64. The number of nitrogens with zero attached hydrogens (tertiary/aromatic N) is 2. The van der Waals surface area contributed by atoms with Crippen LogP contribution in [0.15, 0.2) is 47.6 Å². The zero-order valence-corrected chi connectivity index (χ0v) is 14.1. The number of rotatable bonds is 3. The first kappa shape index (κ1) is 18.5. The van der Waals surface area contributed by atoms with Gasteiger partial charge in [-0.05, 0) is 30.3 Å². The van der Waals surface area contributed by atoms with Gasteiger partial charge in [0.05, 0.1) is 16.1 Å². The van der Waals surface area contributed by atoms with Gasteiger partial charge in [-0.25, -0.2) is 18.6 Å². The van der Waals surface area contributed by atoms with Crippen molar-refractivity contribution in [2.24, 2.45) is 5.10 Å². The quantitative estimate of drug-likeness (QED) is 0.358. The predicted octanol–water partition coefficient (Wildman–Crippen LogP) is 3.88. The second-order valence-electron chi connectivity index (χ2n) is 4.95. The number of halogens is 3. The third-order valence-corrected chi connectivity index (χ3v) is 3.36. The molecule has 0 bridgehead atoms. The summed E-state index contributed by atoms with van der Waals surface area (Å²) in [4.78, 5) is 24.1. The molecule has 0 saturated heterocycles. The van der Waals surface area contributed by atoms with Gasteiger partial charge in [-0.1, -0.05) is 23.7 Å². The summed E-state index contributed by atoms with van der Waals surface area (Å²) in [5.74, 6) is -3.25. The summed E-state index contributed by atoms with van der Waals surface area (Å²) in [5.41, 5.74) is -0.285. The minimum atomic E-state index is -0.870. The smallest absolute Gasteiger partial charge is 0.344 e. The molecule has 0 radical (unpaired) electrons. The van der Waals surface area contributed by atoms with Crippen LogP contribution in [0.2, 0.25) is 5.02 Å². The van der Waals surface area contributed by atoms with E-state index in [9.17, 15) is 18.4 Å². The molecule has 5 nitrogen and oxygen atoms in total. The predicted molar refractivity (Wildman–Crippen MR) is 88.4 cm³/mol. The molecular weight excluding hydrogens is 354 g/mol. The Morgan fingerprint density at radius 3 is 2.52 bits per heavy atom. The van der Waals surface area contributed by atoms with E-state index >= 15 is 0 Å². The third kappa shape index (κ3) is 4.60. The number of hydrogen-bond donors (Lipinski definition) is 0. The van der Waals surface area contributed by atoms with Crippen molar-refractivity contribution in [3.05, 3.63) is 70.2 Å². The molecule has 0 spiro atoms. The standard InChI is InChI=1S/C17H13ClF2N2O3/c1-10(25-17(24)11-5-3-6-12(19)9-11)21-22(2)16(23)13-7-4-8-14(18)15(13)20/h3-9H,1-2H3. The largest absolute Gasteiger partial charge is 0.407 e. The molecule has 0 aromatic heterocycles. The van der Waals surface area contributed by atoms with E-state index in [2.05, 4.69) is 5.10 Å². The summed E-state index contributed by atoms with van der Waals surface area (Å²) in [5, 5.41) is 4.38. The lowest BCUT2D eigenvalue weighted by Gasteiger charge is -2.13. The Bertz CT molecular complexity index is 856. The number of carbonyl (C=O) groups is 2. The van der Waals surface area contributed by atoms with Crippen LogP contribution in [0, 0.1) is 11.6 Å². The average molecular weight is 367 g/mol. The Hall–Kier alpha value is -2.80. The topological polar surface area (TPSA) is 59.0 Å². The molecule has 0 aliphatic rings. The highest BCUT2D eigenvalue weighted by molar-refractivity contribution is 6.31. The second kappa shape index (κ2) is 7.85. The Kier molecular flexibility index (Phi) is 5.82. The molecule has 0 fully saturated rings. The molecule has 0 saturated carbocycles. The average Bonchev–Trinajstić information content (AvgIpc) is 2.56. The van der Waals surface area contributed by atoms with Gasteiger partial charge in [0.1, 0.15) is 5.82 Å². The van der Waals surface area contributed by atoms with Crippen molar-refractivity contribution in [2.75, 3.05) is 7.05 Å². The van der Waals surface area contributed by atoms with Crippen molar-refractivity contribution in [1.29, 1.82) is 0 Å². The van der Waals surface area contributed by atoms with Crippen LogP contribution in [0.5, 0.6) is 0 Å². The Labute approximate surface area is 147 Å². The van der Waals surface area contributed by atoms with Gasteiger partial charge >= 0.3 is 5.97 Å². The minimum absolute atomic E-state index is 0.00980. The van der Waals surface area contributed by atoms with E-state index in [1.165, 1.54) is 50.4 Å². The highest BCUT2D eigenvalue weighted by Gasteiger charge is 2.18. The van der Waals surface area contributed by atoms with Crippen molar-refractivity contribution in [3.8, 4) is 0 Å². The number of benzene rings is 2. The van der Waals surface area contributed by atoms with Crippen molar-refractivity contribution in [2.45, 2.75) is 6.92 Å². The van der Waals surface area contributed by atoms with Gasteiger partial charge in [0.2, 0.25) is 5.90 Å². The van der Waals surface area contributed by atoms with Gasteiger partial charge in [0.25, 0.3) is 5.91 Å². The van der Waals surface area contributed by atoms with Crippen molar-refractivity contribution in [3.63, 3.8) is 0 Å². The van der Waals surface area contributed by atoms with Gasteiger partial charge in [-0.15, -0.1) is 5.10 Å². The fourth-order valence-electron chi connectivity index (χ4n) is 1.93. The highest BCUT2D eigenvalue weighted by atomic mass is 35.5. The maximum Gasteiger partial charge on any atom is 0.344 e. The first-order chi connectivity index (χ1) is 11.8. The fourth-order valence-corrected chi connectivity index (χ4v) is 2.10. The molecule has 0 heterocycles. The van der Waals surface area contributed by atoms with Crippen LogP contribution >= 0.6 is 11.6 Å². The van der Waals surface area contributed by atoms with Gasteiger partial charge in [-0.3, -0.25) is 4.79 Å². The van der Waals surface area contributed by atoms with Crippen LogP contribution in [0.4, 0.5) is 8.78 Å². The molecule has 0 atom stereocenters. The van der Waals surface area contributed by atoms with E-state index in [1.54, 1.807) is 0 Å². The van der Waals surface area contributed by atoms with Gasteiger partial charge in [0, 0.05) is 14.0 Å². The Morgan fingerprint density at radius 1 is 1.16 bits per heavy atom. The molecule has 0 aliphatic carbocycles. The number of hydrogen-bond acceptors (Lipinski definition) is 4. The molecule has 2 rings (SSSR count). The minimum Gasteiger partial charge on any atom is -0.407 e. The maximum atomic E-state index is 13.9. The maximum absolute atomic E-state index is 13.9. The van der Waals surface area contributed by atoms with Crippen molar-refractivity contribution >= 4 is 29.4 Å². The number of carbonyl (C=O) groups excluding carboxylic acids is 2. The molecule has 2 aromatic carbocycles. The zero-order chi connectivity index (χ0) is 18.6. The van der Waals surface area contributed by atoms with Crippen molar-refractivity contribution < 1.29 is 23.1 Å². The lowest BCUT2D eigenvalue weighted by Crippen LogP contribution is -2.25. The summed E-state index contributed by atoms with van der Waals surface area (Å²) in [6, 6.07) is 8.90. The van der Waals surface area contributed by atoms with Crippen molar-refractivity contribution in [1.82, 2.24) is 5.01 Å². The lowest BCUT2D eigenvalue weighted by atomic mass is 10.2. The molecule has 8 heteroatoms. The van der Waals surface area contributed by atoms with Crippen LogP contribution in [0.3, 0.4) is 0 Å². The third-order valence-electron chi connectivity index (χ3n) is 3.07. The number of esters is 1. The molecule has 0 aliphatic heterocycles. The van der Waals surface area contributed by atoms with Crippen LogP contribution in [-0.2, 0) is 4.74 Å². The van der Waals surface area contributed by atoms with E-state index in [0.717, 1.165) is 11.1 Å². The number of hydrazone groups is 1. The van der Waals surface area contributed by atoms with Crippen LogP contribution < -0.4 is 0 Å². The molecule has 130 valence electrons. The molecule has 0 N–H and O–H groups in total. The van der Waals surface area contributed by atoms with Gasteiger partial charge < -0.3 is 4.74 Å². The molecule has 25 heavy (non-hydrogen) atoms. The molecule has 0 unspecified atom stereocenters. The number of ether oxygens (including phenoxy) is 1. The monoisotopic (exact) mass is 366 g/mol. The number of amides is 1. The Balaban J connectivity index is 2.11. The first-order valence-corrected chi connectivity index (χ1v) is 7.42. The summed E-state index contributed by atoms with van der Waals surface area (Å²) < 4.78 is 31.9. The van der Waals surface area contributed by atoms with E-state index in [-0.39, 0.29) is 22.0 Å². The van der Waals surface area contributed by atoms with Crippen LogP contribution in [-0.4, -0.2) is 29.8 Å². The van der Waals surface area contributed by atoms with E-state index in [1.807, 2.05) is 0 Å². The van der Waals surface area contributed by atoms with E-state index in [4.69, 9.17) is 16.3 Å². The molecule has 1 amide bonds. The molecule has 2 aromatic rings. The highest BCUT2D eigenvalue weighted by Crippen LogP contribution is 2.19. The second-order valence-corrected chi connectivity index (χ2v) is 5.36. The van der Waals surface area contributed by atoms with Crippen LogP contribution in [0.25, 0.3) is 0 Å². The summed E-state index contributed by atoms with van der Waals surface area (Å²) in [6.45, 7) is 1.33. The van der Waals surface area contributed by atoms with Gasteiger partial charge in [-0.2, -0.15) is 0 Å². The van der Waals surface area contributed by atoms with E-state index < -0.39 is 23.5 Å². The van der Waals surface area contributed by atoms with E-state index in [0.29, 0.717) is 0 Å². The Morgan fingerprint density at radius 2 is 1.84 bits per heavy atom. The van der Waals surface area contributed by atoms with Crippen LogP contribution in [0.1, 0.15) is 27.6 Å². The van der Waals surface area contributed by atoms with Gasteiger partial charge in [0.15, 0.2) is 5.82 Å². The summed E-state index contributed by atoms with van der Waals surface area (Å²) in [6.07, 6.45) is 0.